The fourth-order valence-corrected chi connectivity index (χ4v) is 2.13. The predicted molar refractivity (Wildman–Crippen MR) is 83.2 cm³/mol. The summed E-state index contributed by atoms with van der Waals surface area (Å²) in [4.78, 5) is 47.8. The molecule has 2 amide bonds. The number of carbonyl (C=O) groups excluding carboxylic acids is 3. The number of non-ortho nitro benzene ring substituents is 1. The Labute approximate surface area is 143 Å². The molecule has 1 heterocycles. The first-order valence-electron chi connectivity index (χ1n) is 7.49. The average molecular weight is 351 g/mol. The number of nitrogens with zero attached hydrogens (tertiary/aromatic N) is 3. The van der Waals surface area contributed by atoms with Crippen LogP contribution in [0.4, 0.5) is 10.5 Å². The number of amides is 2. The summed E-state index contributed by atoms with van der Waals surface area (Å²) in [5.74, 6) is -0.887. The Kier molecular flexibility index (Phi) is 6.01. The molecule has 0 N–H and O–H groups in total. The van der Waals surface area contributed by atoms with E-state index in [4.69, 9.17) is 9.47 Å². The Morgan fingerprint density at radius 1 is 1.16 bits per heavy atom. The highest BCUT2D eigenvalue weighted by atomic mass is 16.7. The van der Waals surface area contributed by atoms with Crippen molar-refractivity contribution in [2.75, 3.05) is 26.4 Å². The lowest BCUT2D eigenvalue weighted by Gasteiger charge is -2.31. The van der Waals surface area contributed by atoms with Crippen molar-refractivity contribution < 1.29 is 28.8 Å². The lowest BCUT2D eigenvalue weighted by atomic mass is 10.2. The Hall–Kier alpha value is -3.01. The van der Waals surface area contributed by atoms with Crippen LogP contribution in [0.3, 0.4) is 0 Å². The fourth-order valence-electron chi connectivity index (χ4n) is 2.13. The molecular weight excluding hydrogens is 334 g/mol. The number of piperazine rings is 1. The van der Waals surface area contributed by atoms with Crippen LogP contribution in [0.5, 0.6) is 0 Å². The first-order chi connectivity index (χ1) is 11.9. The van der Waals surface area contributed by atoms with Gasteiger partial charge < -0.3 is 9.47 Å². The maximum Gasteiger partial charge on any atom is 0.510 e. The van der Waals surface area contributed by atoms with Crippen molar-refractivity contribution in [2.45, 2.75) is 13.5 Å². The van der Waals surface area contributed by atoms with Crippen molar-refractivity contribution in [3.63, 3.8) is 0 Å². The van der Waals surface area contributed by atoms with Crippen LogP contribution < -0.4 is 0 Å². The molecule has 0 radical (unpaired) electrons. The second-order valence-electron chi connectivity index (χ2n) is 5.25. The lowest BCUT2D eigenvalue weighted by molar-refractivity contribution is -0.384. The molecule has 1 aromatic carbocycles. The molecule has 1 aromatic rings. The zero-order valence-corrected chi connectivity index (χ0v) is 13.5. The van der Waals surface area contributed by atoms with Gasteiger partial charge in [-0.25, -0.2) is 9.69 Å². The van der Waals surface area contributed by atoms with E-state index in [1.807, 2.05) is 6.92 Å². The molecular formula is C15H17N3O7. The van der Waals surface area contributed by atoms with Gasteiger partial charge >= 0.3 is 6.16 Å². The summed E-state index contributed by atoms with van der Waals surface area (Å²) in [6, 6.07) is 5.47. The molecule has 0 atom stereocenters. The van der Waals surface area contributed by atoms with E-state index in [1.54, 1.807) is 4.90 Å². The topological polar surface area (TPSA) is 119 Å². The number of ether oxygens (including phenoxy) is 2. The number of imide groups is 1. The first kappa shape index (κ1) is 18.3. The Morgan fingerprint density at radius 2 is 1.76 bits per heavy atom. The Balaban J connectivity index is 1.78. The molecule has 25 heavy (non-hydrogen) atoms. The fraction of sp³-hybridized carbons (Fsp3) is 0.400. The third kappa shape index (κ3) is 4.98. The van der Waals surface area contributed by atoms with E-state index < -0.39 is 29.6 Å². The normalized spacial score (nSPS) is 15.2. The summed E-state index contributed by atoms with van der Waals surface area (Å²) in [5, 5.41) is 10.5. The number of carbonyl (C=O) groups is 3. The highest BCUT2D eigenvalue weighted by Crippen LogP contribution is 2.13. The van der Waals surface area contributed by atoms with Gasteiger partial charge in [0.05, 0.1) is 18.0 Å². The highest BCUT2D eigenvalue weighted by molar-refractivity contribution is 5.99. The number of rotatable bonds is 6. The van der Waals surface area contributed by atoms with Crippen LogP contribution in [0.25, 0.3) is 0 Å². The van der Waals surface area contributed by atoms with Crippen LogP contribution in [-0.4, -0.2) is 59.1 Å². The third-order valence-corrected chi connectivity index (χ3v) is 3.58. The molecule has 0 unspecified atom stereocenters. The summed E-state index contributed by atoms with van der Waals surface area (Å²) in [6.07, 6.45) is -1.04. The molecule has 0 aromatic heterocycles. The number of nitro groups is 1. The van der Waals surface area contributed by atoms with Gasteiger partial charge in [-0.2, -0.15) is 0 Å². The standard InChI is InChI=1S/C15H17N3O7/c1-2-16-7-13(19)17(14(20)8-16)10-25-15(21)24-9-11-3-5-12(6-4-11)18(22)23/h3-6H,2,7-10H2,1H3. The van der Waals surface area contributed by atoms with Crippen LogP contribution in [0.15, 0.2) is 24.3 Å². The molecule has 0 aliphatic carbocycles. The van der Waals surface area contributed by atoms with Gasteiger partial charge in [0.15, 0.2) is 6.73 Å². The van der Waals surface area contributed by atoms with Crippen LogP contribution in [0.1, 0.15) is 12.5 Å². The van der Waals surface area contributed by atoms with E-state index in [0.717, 1.165) is 4.90 Å². The number of hydrogen-bond donors (Lipinski definition) is 0. The molecule has 1 aliphatic heterocycles. The maximum absolute atomic E-state index is 11.8. The second kappa shape index (κ2) is 8.20. The van der Waals surface area contributed by atoms with E-state index in [-0.39, 0.29) is 25.4 Å². The molecule has 0 spiro atoms. The van der Waals surface area contributed by atoms with Gasteiger partial charge in [-0.15, -0.1) is 0 Å². The molecule has 1 aliphatic rings. The van der Waals surface area contributed by atoms with E-state index in [2.05, 4.69) is 0 Å². The molecule has 2 rings (SSSR count). The molecule has 1 fully saturated rings. The lowest BCUT2D eigenvalue weighted by Crippen LogP contribution is -2.54. The smallest absolute Gasteiger partial charge is 0.429 e. The quantitative estimate of drug-likeness (QED) is 0.321. The van der Waals surface area contributed by atoms with Gasteiger partial charge in [-0.3, -0.25) is 24.6 Å². The van der Waals surface area contributed by atoms with Crippen molar-refractivity contribution in [1.82, 2.24) is 9.80 Å². The largest absolute Gasteiger partial charge is 0.510 e. The summed E-state index contributed by atoms with van der Waals surface area (Å²) < 4.78 is 9.61. The van der Waals surface area contributed by atoms with Gasteiger partial charge in [0.2, 0.25) is 11.8 Å². The van der Waals surface area contributed by atoms with E-state index in [0.29, 0.717) is 12.1 Å². The summed E-state index contributed by atoms with van der Waals surface area (Å²) in [5.41, 5.74) is 0.459. The number of hydrogen-bond acceptors (Lipinski definition) is 8. The summed E-state index contributed by atoms with van der Waals surface area (Å²) in [7, 11) is 0. The zero-order chi connectivity index (χ0) is 18.4. The Bertz CT molecular complexity index is 656. The van der Waals surface area contributed by atoms with Crippen LogP contribution in [0.2, 0.25) is 0 Å². The van der Waals surface area contributed by atoms with Crippen LogP contribution >= 0.6 is 0 Å². The highest BCUT2D eigenvalue weighted by Gasteiger charge is 2.31. The molecule has 10 heteroatoms. The third-order valence-electron chi connectivity index (χ3n) is 3.58. The minimum atomic E-state index is -1.04. The van der Waals surface area contributed by atoms with Crippen molar-refractivity contribution >= 4 is 23.7 Å². The van der Waals surface area contributed by atoms with Gasteiger partial charge in [0.25, 0.3) is 5.69 Å². The molecule has 10 nitrogen and oxygen atoms in total. The molecule has 0 bridgehead atoms. The predicted octanol–water partition coefficient (Wildman–Crippen LogP) is 0.896. The number of nitro benzene ring substituents is 1. The van der Waals surface area contributed by atoms with E-state index in [9.17, 15) is 24.5 Å². The van der Waals surface area contributed by atoms with Crippen molar-refractivity contribution in [2.24, 2.45) is 0 Å². The monoisotopic (exact) mass is 351 g/mol. The summed E-state index contributed by atoms with van der Waals surface area (Å²) >= 11 is 0. The molecule has 0 saturated carbocycles. The van der Waals surface area contributed by atoms with Gasteiger partial charge in [-0.1, -0.05) is 6.92 Å². The van der Waals surface area contributed by atoms with E-state index >= 15 is 0 Å². The van der Waals surface area contributed by atoms with Crippen molar-refractivity contribution in [3.05, 3.63) is 39.9 Å². The molecule has 1 saturated heterocycles. The number of likely N-dealkylation sites (N-methyl/N-ethyl adjacent to an activating group) is 1. The van der Waals surface area contributed by atoms with Gasteiger partial charge in [0, 0.05) is 12.1 Å². The maximum atomic E-state index is 11.8. The second-order valence-corrected chi connectivity index (χ2v) is 5.25. The van der Waals surface area contributed by atoms with Crippen LogP contribution in [-0.2, 0) is 25.7 Å². The van der Waals surface area contributed by atoms with Crippen molar-refractivity contribution in [1.29, 1.82) is 0 Å². The summed E-state index contributed by atoms with van der Waals surface area (Å²) in [6.45, 7) is 1.93. The SMILES string of the molecule is CCN1CC(=O)N(COC(=O)OCc2ccc([N+](=O)[O-])cc2)C(=O)C1. The van der Waals surface area contributed by atoms with Gasteiger partial charge in [-0.05, 0) is 24.2 Å². The van der Waals surface area contributed by atoms with Crippen LogP contribution in [0, 0.1) is 10.1 Å². The molecule has 134 valence electrons. The Morgan fingerprint density at radius 3 is 2.28 bits per heavy atom. The van der Waals surface area contributed by atoms with Crippen molar-refractivity contribution in [3.8, 4) is 0 Å². The van der Waals surface area contributed by atoms with Gasteiger partial charge in [0.1, 0.15) is 6.61 Å². The minimum Gasteiger partial charge on any atom is -0.429 e. The first-order valence-corrected chi connectivity index (χ1v) is 7.49. The zero-order valence-electron chi connectivity index (χ0n) is 13.5. The average Bonchev–Trinajstić information content (AvgIpc) is 2.59. The minimum absolute atomic E-state index is 0.0745. The van der Waals surface area contributed by atoms with E-state index in [1.165, 1.54) is 24.3 Å². The number of benzene rings is 1.